The molecule has 0 aliphatic heterocycles. The van der Waals surface area contributed by atoms with E-state index in [0.29, 0.717) is 5.69 Å². The molecule has 0 spiro atoms. The number of ether oxygens (including phenoxy) is 2. The molecule has 0 bridgehead atoms. The first-order chi connectivity index (χ1) is 9.22. The SMILES string of the molecule is COc1ccc(CSc2ccc(N)cc2OC)cc1. The van der Waals surface area contributed by atoms with E-state index in [-0.39, 0.29) is 0 Å². The Labute approximate surface area is 117 Å². The van der Waals surface area contributed by atoms with E-state index in [2.05, 4.69) is 12.1 Å². The minimum absolute atomic E-state index is 0.714. The van der Waals surface area contributed by atoms with Crippen LogP contribution in [-0.2, 0) is 5.75 Å². The van der Waals surface area contributed by atoms with Gasteiger partial charge in [0.2, 0.25) is 0 Å². The Balaban J connectivity index is 2.05. The van der Waals surface area contributed by atoms with E-state index < -0.39 is 0 Å². The molecule has 0 atom stereocenters. The molecule has 2 N–H and O–H groups in total. The number of benzene rings is 2. The van der Waals surface area contributed by atoms with Crippen LogP contribution in [0.25, 0.3) is 0 Å². The van der Waals surface area contributed by atoms with E-state index in [9.17, 15) is 0 Å². The van der Waals surface area contributed by atoms with Crippen LogP contribution < -0.4 is 15.2 Å². The highest BCUT2D eigenvalue weighted by Crippen LogP contribution is 2.33. The molecular weight excluding hydrogens is 258 g/mol. The molecule has 0 saturated heterocycles. The van der Waals surface area contributed by atoms with E-state index in [1.807, 2.05) is 30.3 Å². The van der Waals surface area contributed by atoms with Gasteiger partial charge in [0.25, 0.3) is 0 Å². The highest BCUT2D eigenvalue weighted by Gasteiger charge is 2.04. The molecule has 0 aliphatic rings. The number of rotatable bonds is 5. The predicted molar refractivity (Wildman–Crippen MR) is 80.0 cm³/mol. The molecular formula is C15H17NO2S. The molecule has 0 fully saturated rings. The topological polar surface area (TPSA) is 44.5 Å². The van der Waals surface area contributed by atoms with Crippen LogP contribution in [0.4, 0.5) is 5.69 Å². The van der Waals surface area contributed by atoms with Gasteiger partial charge in [-0.25, -0.2) is 0 Å². The van der Waals surface area contributed by atoms with Crippen molar-refractivity contribution in [1.82, 2.24) is 0 Å². The summed E-state index contributed by atoms with van der Waals surface area (Å²) >= 11 is 1.73. The third kappa shape index (κ3) is 3.58. The Morgan fingerprint density at radius 3 is 2.37 bits per heavy atom. The van der Waals surface area contributed by atoms with E-state index in [0.717, 1.165) is 22.1 Å². The van der Waals surface area contributed by atoms with Crippen molar-refractivity contribution in [2.45, 2.75) is 10.6 Å². The monoisotopic (exact) mass is 275 g/mol. The van der Waals surface area contributed by atoms with E-state index in [4.69, 9.17) is 15.2 Å². The van der Waals surface area contributed by atoms with Crippen molar-refractivity contribution in [3.05, 3.63) is 48.0 Å². The van der Waals surface area contributed by atoms with Crippen molar-refractivity contribution in [3.8, 4) is 11.5 Å². The maximum absolute atomic E-state index is 5.74. The van der Waals surface area contributed by atoms with Crippen molar-refractivity contribution < 1.29 is 9.47 Å². The molecule has 0 aromatic heterocycles. The molecule has 4 heteroatoms. The first-order valence-corrected chi connectivity index (χ1v) is 6.90. The van der Waals surface area contributed by atoms with Gasteiger partial charge in [-0.3, -0.25) is 0 Å². The highest BCUT2D eigenvalue weighted by atomic mass is 32.2. The lowest BCUT2D eigenvalue weighted by molar-refractivity contribution is 0.405. The van der Waals surface area contributed by atoms with Gasteiger partial charge in [0.05, 0.1) is 14.2 Å². The smallest absolute Gasteiger partial charge is 0.134 e. The summed E-state index contributed by atoms with van der Waals surface area (Å²) in [6, 6.07) is 13.8. The maximum atomic E-state index is 5.74. The molecule has 2 aromatic carbocycles. The summed E-state index contributed by atoms with van der Waals surface area (Å²) in [6.45, 7) is 0. The zero-order chi connectivity index (χ0) is 13.7. The first-order valence-electron chi connectivity index (χ1n) is 5.92. The molecule has 0 amide bonds. The fourth-order valence-corrected chi connectivity index (χ4v) is 2.65. The number of methoxy groups -OCH3 is 2. The standard InChI is InChI=1S/C15H17NO2S/c1-17-13-6-3-11(4-7-13)10-19-15-8-5-12(16)9-14(15)18-2/h3-9H,10,16H2,1-2H3. The summed E-state index contributed by atoms with van der Waals surface area (Å²) in [4.78, 5) is 1.09. The third-order valence-electron chi connectivity index (χ3n) is 2.74. The summed E-state index contributed by atoms with van der Waals surface area (Å²) in [5, 5.41) is 0. The van der Waals surface area contributed by atoms with Crippen LogP contribution in [0.15, 0.2) is 47.4 Å². The Bertz CT molecular complexity index is 540. The fraction of sp³-hybridized carbons (Fsp3) is 0.200. The highest BCUT2D eigenvalue weighted by molar-refractivity contribution is 7.98. The lowest BCUT2D eigenvalue weighted by Crippen LogP contribution is -1.91. The molecule has 2 aromatic rings. The van der Waals surface area contributed by atoms with Crippen molar-refractivity contribution in [2.24, 2.45) is 0 Å². The van der Waals surface area contributed by atoms with Crippen LogP contribution in [0.5, 0.6) is 11.5 Å². The van der Waals surface area contributed by atoms with Crippen molar-refractivity contribution >= 4 is 17.4 Å². The molecule has 100 valence electrons. The number of anilines is 1. The van der Waals surface area contributed by atoms with Gasteiger partial charge in [-0.1, -0.05) is 12.1 Å². The lowest BCUT2D eigenvalue weighted by atomic mass is 10.2. The van der Waals surface area contributed by atoms with Crippen molar-refractivity contribution in [2.75, 3.05) is 20.0 Å². The number of thioether (sulfide) groups is 1. The maximum Gasteiger partial charge on any atom is 0.134 e. The minimum Gasteiger partial charge on any atom is -0.497 e. The summed E-state index contributed by atoms with van der Waals surface area (Å²) in [5.74, 6) is 2.57. The normalized spacial score (nSPS) is 10.2. The van der Waals surface area contributed by atoms with Crippen molar-refractivity contribution in [1.29, 1.82) is 0 Å². The van der Waals surface area contributed by atoms with Gasteiger partial charge in [-0.2, -0.15) is 0 Å². The summed E-state index contributed by atoms with van der Waals surface area (Å²) in [5.41, 5.74) is 7.69. The molecule has 0 saturated carbocycles. The third-order valence-corrected chi connectivity index (χ3v) is 3.87. The Morgan fingerprint density at radius 1 is 1.00 bits per heavy atom. The van der Waals surface area contributed by atoms with Crippen LogP contribution in [0, 0.1) is 0 Å². The molecule has 3 nitrogen and oxygen atoms in total. The van der Waals surface area contributed by atoms with E-state index >= 15 is 0 Å². The molecule has 0 aliphatic carbocycles. The Kier molecular flexibility index (Phi) is 4.58. The largest absolute Gasteiger partial charge is 0.497 e. The van der Waals surface area contributed by atoms with Crippen LogP contribution in [-0.4, -0.2) is 14.2 Å². The van der Waals surface area contributed by atoms with Gasteiger partial charge in [-0.15, -0.1) is 11.8 Å². The molecule has 2 rings (SSSR count). The van der Waals surface area contributed by atoms with Crippen LogP contribution in [0.3, 0.4) is 0 Å². The Hall–Kier alpha value is -1.81. The van der Waals surface area contributed by atoms with Crippen molar-refractivity contribution in [3.63, 3.8) is 0 Å². The van der Waals surface area contributed by atoms with Gasteiger partial charge in [0, 0.05) is 22.4 Å². The average Bonchev–Trinajstić information content (AvgIpc) is 2.46. The number of hydrogen-bond acceptors (Lipinski definition) is 4. The second kappa shape index (κ2) is 6.38. The Morgan fingerprint density at radius 2 is 1.74 bits per heavy atom. The lowest BCUT2D eigenvalue weighted by Gasteiger charge is -2.09. The summed E-state index contributed by atoms with van der Waals surface area (Å²) in [6.07, 6.45) is 0. The molecule has 19 heavy (non-hydrogen) atoms. The van der Waals surface area contributed by atoms with Gasteiger partial charge >= 0.3 is 0 Å². The number of hydrogen-bond donors (Lipinski definition) is 1. The average molecular weight is 275 g/mol. The quantitative estimate of drug-likeness (QED) is 0.669. The van der Waals surface area contributed by atoms with Gasteiger partial charge in [-0.05, 0) is 29.8 Å². The van der Waals surface area contributed by atoms with Gasteiger partial charge in [0.1, 0.15) is 11.5 Å². The summed E-state index contributed by atoms with van der Waals surface area (Å²) in [7, 11) is 3.33. The number of nitrogens with two attached hydrogens (primary N) is 1. The number of nitrogen functional groups attached to an aromatic ring is 1. The molecule has 0 unspecified atom stereocenters. The fourth-order valence-electron chi connectivity index (χ4n) is 1.69. The van der Waals surface area contributed by atoms with Gasteiger partial charge in [0.15, 0.2) is 0 Å². The first kappa shape index (κ1) is 13.6. The zero-order valence-corrected chi connectivity index (χ0v) is 11.9. The second-order valence-corrected chi connectivity index (χ2v) is 5.06. The van der Waals surface area contributed by atoms with E-state index in [1.165, 1.54) is 5.56 Å². The second-order valence-electron chi connectivity index (χ2n) is 4.05. The van der Waals surface area contributed by atoms with Crippen LogP contribution in [0.1, 0.15) is 5.56 Å². The van der Waals surface area contributed by atoms with E-state index in [1.54, 1.807) is 26.0 Å². The predicted octanol–water partition coefficient (Wildman–Crippen LogP) is 3.58. The summed E-state index contributed by atoms with van der Waals surface area (Å²) < 4.78 is 10.5. The zero-order valence-electron chi connectivity index (χ0n) is 11.1. The molecule has 0 radical (unpaired) electrons. The van der Waals surface area contributed by atoms with Crippen LogP contribution in [0.2, 0.25) is 0 Å². The van der Waals surface area contributed by atoms with Crippen LogP contribution >= 0.6 is 11.8 Å². The van der Waals surface area contributed by atoms with Gasteiger partial charge < -0.3 is 15.2 Å². The minimum atomic E-state index is 0.714. The molecule has 0 heterocycles.